The van der Waals surface area contributed by atoms with E-state index in [1.807, 2.05) is 11.0 Å². The highest BCUT2D eigenvalue weighted by atomic mass is 19.1. The van der Waals surface area contributed by atoms with E-state index in [0.29, 0.717) is 77.2 Å². The first kappa shape index (κ1) is 50.7. The van der Waals surface area contributed by atoms with E-state index in [0.717, 1.165) is 99.6 Å². The Morgan fingerprint density at radius 1 is 0.736 bits per heavy atom. The summed E-state index contributed by atoms with van der Waals surface area (Å²) in [4.78, 5) is 96.6. The van der Waals surface area contributed by atoms with Crippen molar-refractivity contribution < 1.29 is 37.5 Å². The number of piperazine rings is 2. The monoisotopic (exact) mass is 994 g/mol. The minimum absolute atomic E-state index is 0.0224. The molecule has 1 spiro atoms. The Morgan fingerprint density at radius 2 is 1.44 bits per heavy atom. The molecule has 6 aliphatic heterocycles. The highest BCUT2D eigenvalue weighted by Gasteiger charge is 2.45. The molecule has 9 rings (SSSR count). The van der Waals surface area contributed by atoms with Crippen LogP contribution < -0.4 is 30.7 Å². The number of likely N-dealkylation sites (tertiary alicyclic amines) is 1. The predicted octanol–water partition coefficient (Wildman–Crippen LogP) is 5.63. The Morgan fingerprint density at radius 3 is 2.18 bits per heavy atom. The molecule has 0 aliphatic carbocycles. The summed E-state index contributed by atoms with van der Waals surface area (Å²) in [6.07, 6.45) is 12.8. The highest BCUT2D eigenvalue weighted by Crippen LogP contribution is 2.35. The van der Waals surface area contributed by atoms with Crippen molar-refractivity contribution in [1.29, 1.82) is 0 Å². The maximum Gasteiger partial charge on any atom is 0.262 e. The molecule has 2 aromatic carbocycles. The summed E-state index contributed by atoms with van der Waals surface area (Å²) in [5, 5.41) is 8.86. The van der Waals surface area contributed by atoms with Crippen LogP contribution in [0.25, 0.3) is 0 Å². The largest absolute Gasteiger partial charge is 0.370 e. The van der Waals surface area contributed by atoms with Crippen molar-refractivity contribution in [3.8, 4) is 0 Å². The third kappa shape index (κ3) is 11.7. The number of nitrogens with one attached hydrogen (secondary N) is 3. The second kappa shape index (κ2) is 21.9. The van der Waals surface area contributed by atoms with Crippen molar-refractivity contribution in [2.45, 2.75) is 122 Å². The smallest absolute Gasteiger partial charge is 0.262 e. The molecule has 1 aromatic heterocycles. The van der Waals surface area contributed by atoms with Crippen molar-refractivity contribution in [2.75, 3.05) is 92.0 Å². The first-order valence-electron chi connectivity index (χ1n) is 26.1. The van der Waals surface area contributed by atoms with Crippen LogP contribution in [0.3, 0.4) is 0 Å². The molecule has 17 nitrogen and oxygen atoms in total. The van der Waals surface area contributed by atoms with Crippen molar-refractivity contribution >= 4 is 58.5 Å². The molecule has 3 aromatic rings. The first-order valence-corrected chi connectivity index (χ1v) is 26.1. The Bertz CT molecular complexity index is 2530. The number of hydrogen-bond donors (Lipinski definition) is 3. The van der Waals surface area contributed by atoms with E-state index >= 15 is 8.78 Å². The molecule has 19 heteroatoms. The van der Waals surface area contributed by atoms with Crippen LogP contribution in [0.2, 0.25) is 0 Å². The average Bonchev–Trinajstić information content (AvgIpc) is 3.61. The molecule has 6 aliphatic rings. The van der Waals surface area contributed by atoms with Crippen LogP contribution in [-0.4, -0.2) is 144 Å². The minimum atomic E-state index is -1.01. The highest BCUT2D eigenvalue weighted by molar-refractivity contribution is 6.23. The predicted molar refractivity (Wildman–Crippen MR) is 269 cm³/mol. The molecule has 1 unspecified atom stereocenters. The van der Waals surface area contributed by atoms with Gasteiger partial charge in [-0.05, 0) is 87.7 Å². The summed E-state index contributed by atoms with van der Waals surface area (Å²) in [5.74, 6) is -1.53. The Kier molecular flexibility index (Phi) is 15.4. The summed E-state index contributed by atoms with van der Waals surface area (Å²) in [5.41, 5.74) is 1.47. The lowest BCUT2D eigenvalue weighted by Gasteiger charge is -2.48. The number of amides is 6. The molecular formula is C53H69F2N11O6. The lowest BCUT2D eigenvalue weighted by Crippen LogP contribution is -2.66. The molecule has 6 amide bonds. The first-order chi connectivity index (χ1) is 34.6. The van der Waals surface area contributed by atoms with Crippen molar-refractivity contribution in [1.82, 2.24) is 35.3 Å². The molecule has 5 saturated heterocycles. The van der Waals surface area contributed by atoms with Gasteiger partial charge in [-0.1, -0.05) is 46.0 Å². The van der Waals surface area contributed by atoms with Gasteiger partial charge in [0, 0.05) is 95.1 Å². The molecule has 5 fully saturated rings. The zero-order valence-electron chi connectivity index (χ0n) is 41.8. The number of imide groups is 2. The SMILES string of the molecule is CC1(C)CCN(Cc2cc(F)c(N3CC(=O)NC4(CCN(c5cc(NCCCCCCCCCC(=O)N6CCN(c7ccc8c(c7)C(=O)N(C7CCC(=O)NC7=O)C8=O)CC6)ncn5)CC4)C3)cc2F)CC1. The number of fused-ring (bicyclic) bond motifs is 1. The molecule has 0 radical (unpaired) electrons. The van der Waals surface area contributed by atoms with Gasteiger partial charge in [0.15, 0.2) is 0 Å². The van der Waals surface area contributed by atoms with E-state index in [4.69, 9.17) is 0 Å². The Hall–Kier alpha value is -6.24. The molecule has 0 bridgehead atoms. The van der Waals surface area contributed by atoms with Crippen LogP contribution >= 0.6 is 0 Å². The number of anilines is 4. The van der Waals surface area contributed by atoms with Gasteiger partial charge in [-0.15, -0.1) is 0 Å². The number of unbranched alkanes of at least 4 members (excludes halogenated alkanes) is 6. The van der Waals surface area contributed by atoms with Crippen LogP contribution in [-0.2, 0) is 25.7 Å². The maximum absolute atomic E-state index is 15.7. The number of piperidine rings is 3. The second-order valence-electron chi connectivity index (χ2n) is 21.5. The number of rotatable bonds is 17. The fraction of sp³-hybridized carbons (Fsp3) is 0.585. The Labute approximate surface area is 420 Å². The standard InChI is InChI=1S/C53H69F2N11O6/c1-52(2)15-20-61(21-16-52)32-36-28-41(55)43(30-40(36)54)65-33-47(68)60-53(34-65)17-22-63(23-18-53)45-31-44(57-35-58-45)56-19-9-7-5-3-4-6-8-10-48(69)64-26-24-62(25-27-64)37-11-12-38-39(29-37)51(72)66(50(38)71)42-13-14-46(67)59-49(42)70/h11-12,28-31,35,42H,3-10,13-27,32-34H2,1-2H3,(H,60,68)(H,56,57,58)(H,59,67,70). The van der Waals surface area contributed by atoms with Gasteiger partial charge in [0.05, 0.1) is 28.9 Å². The summed E-state index contributed by atoms with van der Waals surface area (Å²) in [6.45, 7) is 11.4. The lowest BCUT2D eigenvalue weighted by atomic mass is 9.82. The van der Waals surface area contributed by atoms with Gasteiger partial charge in [-0.25, -0.2) is 18.7 Å². The van der Waals surface area contributed by atoms with Crippen LogP contribution in [0.5, 0.6) is 0 Å². The van der Waals surface area contributed by atoms with Crippen LogP contribution in [0, 0.1) is 17.0 Å². The third-order valence-corrected chi connectivity index (χ3v) is 15.8. The fourth-order valence-corrected chi connectivity index (χ4v) is 11.2. The average molecular weight is 994 g/mol. The van der Waals surface area contributed by atoms with Crippen molar-refractivity contribution in [2.24, 2.45) is 5.41 Å². The third-order valence-electron chi connectivity index (χ3n) is 15.8. The van der Waals surface area contributed by atoms with E-state index in [1.165, 1.54) is 12.1 Å². The Balaban J connectivity index is 0.634. The fourth-order valence-electron chi connectivity index (χ4n) is 11.2. The number of halogens is 2. The summed E-state index contributed by atoms with van der Waals surface area (Å²) < 4.78 is 31.2. The zero-order valence-corrected chi connectivity index (χ0v) is 41.8. The molecule has 0 saturated carbocycles. The van der Waals surface area contributed by atoms with E-state index in [1.54, 1.807) is 29.4 Å². The summed E-state index contributed by atoms with van der Waals surface area (Å²) in [6, 6.07) is 8.66. The molecule has 1 atom stereocenters. The summed E-state index contributed by atoms with van der Waals surface area (Å²) >= 11 is 0. The number of hydrogen-bond acceptors (Lipinski definition) is 13. The number of aromatic nitrogens is 2. The molecule has 7 heterocycles. The van der Waals surface area contributed by atoms with Crippen LogP contribution in [0.15, 0.2) is 42.7 Å². The number of nitrogens with zero attached hydrogens (tertiary/aromatic N) is 8. The van der Waals surface area contributed by atoms with Gasteiger partial charge in [0.1, 0.15) is 35.6 Å². The zero-order chi connectivity index (χ0) is 50.6. The number of carbonyl (C=O) groups excluding carboxylic acids is 6. The molecule has 386 valence electrons. The van der Waals surface area contributed by atoms with Crippen molar-refractivity contribution in [3.63, 3.8) is 0 Å². The molecular weight excluding hydrogens is 925 g/mol. The van der Waals surface area contributed by atoms with E-state index in [-0.39, 0.29) is 53.4 Å². The number of carbonyl (C=O) groups is 6. The quantitative estimate of drug-likeness (QED) is 0.112. The normalized spacial score (nSPS) is 21.3. The molecule has 3 N–H and O–H groups in total. The van der Waals surface area contributed by atoms with Gasteiger partial charge in [-0.3, -0.25) is 43.9 Å². The number of benzene rings is 2. The maximum atomic E-state index is 15.7. The van der Waals surface area contributed by atoms with Gasteiger partial charge in [0.25, 0.3) is 11.8 Å². The van der Waals surface area contributed by atoms with Gasteiger partial charge < -0.3 is 30.2 Å². The van der Waals surface area contributed by atoms with E-state index in [9.17, 15) is 28.8 Å². The second-order valence-corrected chi connectivity index (χ2v) is 21.5. The van der Waals surface area contributed by atoms with Gasteiger partial charge in [0.2, 0.25) is 23.6 Å². The van der Waals surface area contributed by atoms with Gasteiger partial charge in [-0.2, -0.15) is 0 Å². The van der Waals surface area contributed by atoms with Crippen molar-refractivity contribution in [3.05, 3.63) is 71.1 Å². The van der Waals surface area contributed by atoms with Gasteiger partial charge >= 0.3 is 0 Å². The summed E-state index contributed by atoms with van der Waals surface area (Å²) in [7, 11) is 0. The van der Waals surface area contributed by atoms with E-state index in [2.05, 4.69) is 54.5 Å². The lowest BCUT2D eigenvalue weighted by molar-refractivity contribution is -0.136. The van der Waals surface area contributed by atoms with Crippen LogP contribution in [0.4, 0.5) is 31.8 Å². The van der Waals surface area contributed by atoms with Crippen LogP contribution in [0.1, 0.15) is 130 Å². The molecule has 72 heavy (non-hydrogen) atoms. The topological polar surface area (TPSA) is 184 Å². The minimum Gasteiger partial charge on any atom is -0.370 e. The van der Waals surface area contributed by atoms with E-state index < -0.39 is 46.8 Å².